The summed E-state index contributed by atoms with van der Waals surface area (Å²) in [6.07, 6.45) is 7.93. The fourth-order valence-electron chi connectivity index (χ4n) is 0.989. The third-order valence-electron chi connectivity index (χ3n) is 1.91. The van der Waals surface area contributed by atoms with E-state index in [2.05, 4.69) is 28.5 Å². The Hall–Kier alpha value is -0.640. The highest BCUT2D eigenvalue weighted by molar-refractivity contribution is 7.30. The Morgan fingerprint density at radius 1 is 1.50 bits per heavy atom. The van der Waals surface area contributed by atoms with Crippen LogP contribution in [0.5, 0.6) is 0 Å². The van der Waals surface area contributed by atoms with Gasteiger partial charge in [-0.1, -0.05) is 13.3 Å². The normalized spacial score (nSPS) is 11.8. The van der Waals surface area contributed by atoms with Crippen molar-refractivity contribution >= 4 is 8.25 Å². The van der Waals surface area contributed by atoms with Crippen LogP contribution in [0.3, 0.4) is 0 Å². The van der Waals surface area contributed by atoms with E-state index in [0.29, 0.717) is 6.61 Å². The molecule has 1 rings (SSSR count). The van der Waals surface area contributed by atoms with E-state index in [9.17, 15) is 9.46 Å². The summed E-state index contributed by atoms with van der Waals surface area (Å²) in [6, 6.07) is 0. The number of hydrogen-bond acceptors (Lipinski definition) is 3. The van der Waals surface area contributed by atoms with E-state index in [4.69, 9.17) is 0 Å². The van der Waals surface area contributed by atoms with E-state index < -0.39 is 8.25 Å². The number of imidazole rings is 1. The maximum Gasteiger partial charge on any atom is 0.243 e. The van der Waals surface area contributed by atoms with Gasteiger partial charge in [-0.3, -0.25) is 0 Å². The van der Waals surface area contributed by atoms with Crippen molar-refractivity contribution in [3.05, 3.63) is 18.7 Å². The van der Waals surface area contributed by atoms with Crippen molar-refractivity contribution in [2.24, 2.45) is 7.05 Å². The molecule has 1 aromatic rings. The minimum atomic E-state index is -2.91. The van der Waals surface area contributed by atoms with Crippen LogP contribution >= 0.6 is 8.25 Å². The Balaban J connectivity index is 0.000000281. The molecule has 0 saturated carbocycles. The first-order valence-electron chi connectivity index (χ1n) is 5.44. The second-order valence-electron chi connectivity index (χ2n) is 3.36. The summed E-state index contributed by atoms with van der Waals surface area (Å²) in [5.41, 5.74) is 0. The van der Waals surface area contributed by atoms with Gasteiger partial charge in [0.15, 0.2) is 0 Å². The lowest BCUT2D eigenvalue weighted by Crippen LogP contribution is -2.28. The second kappa shape index (κ2) is 9.58. The van der Waals surface area contributed by atoms with Crippen molar-refractivity contribution in [3.8, 4) is 0 Å². The topological polar surface area (TPSA) is 58.2 Å². The molecule has 94 valence electrons. The molecule has 16 heavy (non-hydrogen) atoms. The highest BCUT2D eigenvalue weighted by Crippen LogP contribution is 2.08. The van der Waals surface area contributed by atoms with Crippen LogP contribution in [0.4, 0.5) is 0 Å². The molecule has 1 aromatic heterocycles. The molecule has 1 atom stereocenters. The summed E-state index contributed by atoms with van der Waals surface area (Å²) >= 11 is 0. The van der Waals surface area contributed by atoms with Crippen LogP contribution < -0.4 is 9.46 Å². The van der Waals surface area contributed by atoms with E-state index in [0.717, 1.165) is 19.4 Å². The van der Waals surface area contributed by atoms with Crippen LogP contribution in [-0.4, -0.2) is 11.2 Å². The predicted octanol–water partition coefficient (Wildman–Crippen LogP) is 0.886. The standard InChI is InChI=1S/C6H11N2.C4H11O3P/c1-3-8-5-4-7(2)6-8;1-2-3-4-7-8(5)6/h4-6H,3H2,1-2H3;8H,2-4H2,1H3,(H,5,6)/q+1;/p-1. The number of hydrogen-bond donors (Lipinski definition) is 0. The zero-order chi connectivity index (χ0) is 12.4. The van der Waals surface area contributed by atoms with Gasteiger partial charge < -0.3 is 14.0 Å². The van der Waals surface area contributed by atoms with Crippen LogP contribution in [0, 0.1) is 0 Å². The van der Waals surface area contributed by atoms with Gasteiger partial charge in [0.1, 0.15) is 20.6 Å². The highest BCUT2D eigenvalue weighted by atomic mass is 31.1. The van der Waals surface area contributed by atoms with Crippen molar-refractivity contribution in [2.75, 3.05) is 6.61 Å². The van der Waals surface area contributed by atoms with Crippen LogP contribution in [-0.2, 0) is 22.7 Å². The molecule has 0 aliphatic rings. The van der Waals surface area contributed by atoms with Crippen molar-refractivity contribution in [2.45, 2.75) is 33.2 Å². The molecule has 1 heterocycles. The zero-order valence-electron chi connectivity index (χ0n) is 10.2. The SMILES string of the molecule is CCCCO[PH](=O)[O-].CC[n+]1ccn(C)c1. The minimum absolute atomic E-state index is 0.345. The molecule has 1 unspecified atom stereocenters. The van der Waals surface area contributed by atoms with Gasteiger partial charge in [-0.2, -0.15) is 0 Å². The van der Waals surface area contributed by atoms with Crippen molar-refractivity contribution in [1.82, 2.24) is 4.57 Å². The number of unbranched alkanes of at least 4 members (excludes halogenated alkanes) is 1. The van der Waals surface area contributed by atoms with E-state index in [1.807, 2.05) is 24.7 Å². The summed E-state index contributed by atoms with van der Waals surface area (Å²) in [4.78, 5) is 9.73. The molecule has 0 radical (unpaired) electrons. The van der Waals surface area contributed by atoms with Gasteiger partial charge in [-0.25, -0.2) is 9.13 Å². The number of aromatic nitrogens is 2. The first-order valence-corrected chi connectivity index (χ1v) is 6.67. The van der Waals surface area contributed by atoms with Gasteiger partial charge in [-0.05, 0) is 13.3 Å². The van der Waals surface area contributed by atoms with E-state index in [-0.39, 0.29) is 0 Å². The average molecular weight is 248 g/mol. The average Bonchev–Trinajstić information content (AvgIpc) is 2.65. The second-order valence-corrected chi connectivity index (χ2v) is 4.15. The van der Waals surface area contributed by atoms with Crippen LogP contribution in [0.25, 0.3) is 0 Å². The fraction of sp³-hybridized carbons (Fsp3) is 0.700. The fourth-order valence-corrected chi connectivity index (χ4v) is 1.30. The first-order chi connectivity index (χ1) is 7.60. The smallest absolute Gasteiger partial charge is 0.243 e. The Morgan fingerprint density at radius 3 is 2.50 bits per heavy atom. The molecule has 5 nitrogen and oxygen atoms in total. The summed E-state index contributed by atoms with van der Waals surface area (Å²) in [6.45, 7) is 5.50. The van der Waals surface area contributed by atoms with Crippen LogP contribution in [0.1, 0.15) is 26.7 Å². The van der Waals surface area contributed by atoms with Crippen LogP contribution in [0.15, 0.2) is 18.7 Å². The molecule has 0 saturated heterocycles. The Kier molecular flexibility index (Phi) is 9.19. The minimum Gasteiger partial charge on any atom is -0.781 e. The number of aryl methyl sites for hydroxylation is 2. The van der Waals surface area contributed by atoms with Gasteiger partial charge in [0.25, 0.3) is 0 Å². The maximum atomic E-state index is 9.73. The van der Waals surface area contributed by atoms with Crippen molar-refractivity contribution < 1.29 is 18.5 Å². The molecule has 0 spiro atoms. The maximum absolute atomic E-state index is 9.73. The molecule has 0 bridgehead atoms. The Morgan fingerprint density at radius 2 is 2.19 bits per heavy atom. The first kappa shape index (κ1) is 15.4. The monoisotopic (exact) mass is 248 g/mol. The Bertz CT molecular complexity index is 302. The molecule has 0 fully saturated rings. The van der Waals surface area contributed by atoms with Crippen molar-refractivity contribution in [1.29, 1.82) is 0 Å². The lowest BCUT2D eigenvalue weighted by molar-refractivity contribution is -0.693. The van der Waals surface area contributed by atoms with E-state index in [1.165, 1.54) is 0 Å². The quantitative estimate of drug-likeness (QED) is 0.441. The van der Waals surface area contributed by atoms with Crippen LogP contribution in [0.2, 0.25) is 0 Å². The number of nitrogens with zero attached hydrogens (tertiary/aromatic N) is 2. The summed E-state index contributed by atoms with van der Waals surface area (Å²) < 4.78 is 18.2. The largest absolute Gasteiger partial charge is 0.781 e. The van der Waals surface area contributed by atoms with Gasteiger partial charge in [0.2, 0.25) is 6.33 Å². The molecule has 0 aliphatic carbocycles. The highest BCUT2D eigenvalue weighted by Gasteiger charge is 1.92. The van der Waals surface area contributed by atoms with Gasteiger partial charge in [0, 0.05) is 0 Å². The number of rotatable bonds is 5. The van der Waals surface area contributed by atoms with Gasteiger partial charge in [0.05, 0.1) is 20.2 Å². The molecule has 0 aliphatic heterocycles. The Labute approximate surface area is 97.6 Å². The summed E-state index contributed by atoms with van der Waals surface area (Å²) in [5.74, 6) is 0. The van der Waals surface area contributed by atoms with E-state index >= 15 is 0 Å². The third-order valence-corrected chi connectivity index (χ3v) is 2.35. The zero-order valence-corrected chi connectivity index (χ0v) is 11.2. The third kappa shape index (κ3) is 8.65. The summed E-state index contributed by atoms with van der Waals surface area (Å²) in [7, 11) is -0.887. The van der Waals surface area contributed by atoms with E-state index in [1.54, 1.807) is 0 Å². The van der Waals surface area contributed by atoms with Gasteiger partial charge in [-0.15, -0.1) is 0 Å². The van der Waals surface area contributed by atoms with Gasteiger partial charge >= 0.3 is 0 Å². The lowest BCUT2D eigenvalue weighted by Gasteiger charge is -2.03. The van der Waals surface area contributed by atoms with Crippen molar-refractivity contribution in [3.63, 3.8) is 0 Å². The summed E-state index contributed by atoms with van der Waals surface area (Å²) in [5, 5.41) is 0. The molecule has 0 amide bonds. The molecule has 0 aromatic carbocycles. The molecular formula is C10H21N2O3P. The molecule has 6 heteroatoms. The lowest BCUT2D eigenvalue weighted by atomic mass is 10.4. The predicted molar refractivity (Wildman–Crippen MR) is 61.1 cm³/mol. The molecule has 0 N–H and O–H groups in total. The molecular weight excluding hydrogens is 227 g/mol.